The van der Waals surface area contributed by atoms with Crippen LogP contribution in [-0.2, 0) is 20.0 Å². The van der Waals surface area contributed by atoms with E-state index in [0.29, 0.717) is 5.56 Å². The number of amidine groups is 1. The van der Waals surface area contributed by atoms with Gasteiger partial charge in [-0.05, 0) is 43.7 Å². The van der Waals surface area contributed by atoms with Crippen LogP contribution in [0.25, 0.3) is 0 Å². The summed E-state index contributed by atoms with van der Waals surface area (Å²) < 4.78 is 58.8. The Kier molecular flexibility index (Phi) is 7.32. The van der Waals surface area contributed by atoms with Gasteiger partial charge in [0.15, 0.2) is 0 Å². The minimum absolute atomic E-state index is 0.0466. The second-order valence-corrected chi connectivity index (χ2v) is 12.1. The Bertz CT molecular complexity index is 1420. The lowest BCUT2D eigenvalue weighted by Crippen LogP contribution is -2.39. The molecule has 1 aliphatic heterocycles. The number of halogens is 1. The molecular formula is C25H26ClN3O4S2. The molecule has 10 heteroatoms. The summed E-state index contributed by atoms with van der Waals surface area (Å²) in [5, 5.41) is 0. The molecule has 0 saturated carbocycles. The molecule has 0 spiro atoms. The summed E-state index contributed by atoms with van der Waals surface area (Å²) in [5.41, 5.74) is 2.56. The average molecular weight is 532 g/mol. The Morgan fingerprint density at radius 1 is 0.829 bits per heavy atom. The molecule has 3 aromatic carbocycles. The van der Waals surface area contributed by atoms with Crippen molar-refractivity contribution in [3.05, 3.63) is 95.6 Å². The number of alkyl halides is 1. The van der Waals surface area contributed by atoms with Crippen LogP contribution in [0.2, 0.25) is 0 Å². The summed E-state index contributed by atoms with van der Waals surface area (Å²) in [6.07, 6.45) is -0.798. The van der Waals surface area contributed by atoms with E-state index in [0.717, 1.165) is 11.1 Å². The standard InChI is InChI=1S/C25H26ClN3O4S2/c1-19-8-12-22(13-9-19)34(30,31)27-24(18-26)28-16-17-29(25(28)21-6-4-3-5-7-21)35(32,33)23-14-10-20(2)11-15-23/h3-15,25H,16-18H2,1-2H3/t25-/m0/s1. The first-order chi connectivity index (χ1) is 16.6. The van der Waals surface area contributed by atoms with Crippen molar-refractivity contribution in [1.29, 1.82) is 0 Å². The van der Waals surface area contributed by atoms with E-state index in [2.05, 4.69) is 4.40 Å². The number of aryl methyl sites for hydroxylation is 2. The first-order valence-corrected chi connectivity index (χ1v) is 14.4. The molecule has 1 atom stereocenters. The Balaban J connectivity index is 1.78. The molecule has 0 N–H and O–H groups in total. The fourth-order valence-electron chi connectivity index (χ4n) is 4.00. The van der Waals surface area contributed by atoms with Gasteiger partial charge in [0.05, 0.1) is 15.7 Å². The SMILES string of the molecule is Cc1ccc(S(=O)(=O)N=C(CCl)N2CCN(S(=O)(=O)c3ccc(C)cc3)[C@H]2c2ccccc2)cc1. The molecule has 7 nitrogen and oxygen atoms in total. The van der Waals surface area contributed by atoms with Crippen LogP contribution < -0.4 is 0 Å². The summed E-state index contributed by atoms with van der Waals surface area (Å²) in [6.45, 7) is 4.13. The number of benzene rings is 3. The zero-order valence-corrected chi connectivity index (χ0v) is 21.8. The third-order valence-electron chi connectivity index (χ3n) is 5.85. The number of rotatable bonds is 6. The third-order valence-corrected chi connectivity index (χ3v) is 9.28. The topological polar surface area (TPSA) is 87.1 Å². The van der Waals surface area contributed by atoms with Gasteiger partial charge in [-0.3, -0.25) is 0 Å². The summed E-state index contributed by atoms with van der Waals surface area (Å²) >= 11 is 6.21. The second kappa shape index (κ2) is 10.1. The van der Waals surface area contributed by atoms with Crippen molar-refractivity contribution in [2.75, 3.05) is 19.0 Å². The Labute approximate surface area is 211 Å². The van der Waals surface area contributed by atoms with E-state index in [1.54, 1.807) is 53.4 Å². The highest BCUT2D eigenvalue weighted by atomic mass is 35.5. The molecule has 0 radical (unpaired) electrons. The molecule has 1 saturated heterocycles. The highest BCUT2D eigenvalue weighted by molar-refractivity contribution is 7.90. The molecule has 4 rings (SSSR count). The largest absolute Gasteiger partial charge is 0.336 e. The van der Waals surface area contributed by atoms with Crippen LogP contribution in [0.4, 0.5) is 0 Å². The lowest BCUT2D eigenvalue weighted by Gasteiger charge is -2.31. The van der Waals surface area contributed by atoms with Gasteiger partial charge in [0.2, 0.25) is 10.0 Å². The minimum atomic E-state index is -4.05. The van der Waals surface area contributed by atoms with Crippen LogP contribution in [0.15, 0.2) is 93.1 Å². The molecule has 1 fully saturated rings. The molecule has 0 bridgehead atoms. The first-order valence-electron chi connectivity index (χ1n) is 11.0. The number of nitrogens with zero attached hydrogens (tertiary/aromatic N) is 3. The molecule has 1 heterocycles. The summed E-state index contributed by atoms with van der Waals surface area (Å²) in [4.78, 5) is 1.87. The number of hydrogen-bond acceptors (Lipinski definition) is 4. The van der Waals surface area contributed by atoms with Crippen LogP contribution >= 0.6 is 11.6 Å². The van der Waals surface area contributed by atoms with Gasteiger partial charge < -0.3 is 4.90 Å². The zero-order chi connectivity index (χ0) is 25.2. The Hall–Kier alpha value is -2.72. The van der Waals surface area contributed by atoms with Crippen molar-refractivity contribution in [1.82, 2.24) is 9.21 Å². The number of hydrogen-bond donors (Lipinski definition) is 0. The van der Waals surface area contributed by atoms with Crippen LogP contribution in [0.1, 0.15) is 22.9 Å². The van der Waals surface area contributed by atoms with Gasteiger partial charge in [-0.1, -0.05) is 65.7 Å². The van der Waals surface area contributed by atoms with Crippen molar-refractivity contribution in [2.24, 2.45) is 4.40 Å². The van der Waals surface area contributed by atoms with E-state index in [1.165, 1.54) is 16.4 Å². The van der Waals surface area contributed by atoms with Crippen molar-refractivity contribution < 1.29 is 16.8 Å². The number of sulfonamides is 2. The van der Waals surface area contributed by atoms with Gasteiger partial charge in [-0.15, -0.1) is 16.0 Å². The van der Waals surface area contributed by atoms with Crippen LogP contribution in [0.5, 0.6) is 0 Å². The van der Waals surface area contributed by atoms with Gasteiger partial charge in [-0.25, -0.2) is 8.42 Å². The third kappa shape index (κ3) is 5.28. The minimum Gasteiger partial charge on any atom is -0.336 e. The average Bonchev–Trinajstić information content (AvgIpc) is 3.30. The van der Waals surface area contributed by atoms with Gasteiger partial charge in [0.1, 0.15) is 12.0 Å². The monoisotopic (exact) mass is 531 g/mol. The molecule has 0 unspecified atom stereocenters. The van der Waals surface area contributed by atoms with Crippen LogP contribution in [0.3, 0.4) is 0 Å². The maximum atomic E-state index is 13.6. The highest BCUT2D eigenvalue weighted by Gasteiger charge is 2.42. The fourth-order valence-corrected chi connectivity index (χ4v) is 6.89. The highest BCUT2D eigenvalue weighted by Crippen LogP contribution is 2.36. The maximum Gasteiger partial charge on any atom is 0.283 e. The van der Waals surface area contributed by atoms with E-state index in [4.69, 9.17) is 11.6 Å². The maximum absolute atomic E-state index is 13.6. The molecule has 3 aromatic rings. The summed E-state index contributed by atoms with van der Waals surface area (Å²) in [6, 6.07) is 22.1. The van der Waals surface area contributed by atoms with Gasteiger partial charge in [0, 0.05) is 13.1 Å². The van der Waals surface area contributed by atoms with E-state index in [-0.39, 0.29) is 34.6 Å². The quantitative estimate of drug-likeness (QED) is 0.268. The molecule has 35 heavy (non-hydrogen) atoms. The molecule has 0 aliphatic carbocycles. The van der Waals surface area contributed by atoms with Gasteiger partial charge in [-0.2, -0.15) is 12.7 Å². The van der Waals surface area contributed by atoms with Gasteiger partial charge in [0.25, 0.3) is 10.0 Å². The molecule has 0 amide bonds. The normalized spacial score (nSPS) is 17.6. The summed E-state index contributed by atoms with van der Waals surface area (Å²) in [7, 11) is -7.93. The molecule has 1 aliphatic rings. The lowest BCUT2D eigenvalue weighted by atomic mass is 10.1. The van der Waals surface area contributed by atoms with E-state index >= 15 is 0 Å². The van der Waals surface area contributed by atoms with Crippen molar-refractivity contribution in [3.63, 3.8) is 0 Å². The van der Waals surface area contributed by atoms with Crippen LogP contribution in [0, 0.1) is 13.8 Å². The second-order valence-electron chi connectivity index (χ2n) is 8.34. The Morgan fingerprint density at radius 3 is 1.91 bits per heavy atom. The lowest BCUT2D eigenvalue weighted by molar-refractivity contribution is 0.284. The van der Waals surface area contributed by atoms with Crippen LogP contribution in [-0.4, -0.2) is 50.8 Å². The molecule has 0 aromatic heterocycles. The van der Waals surface area contributed by atoms with Crippen molar-refractivity contribution in [2.45, 2.75) is 29.8 Å². The van der Waals surface area contributed by atoms with Crippen molar-refractivity contribution >= 4 is 37.5 Å². The van der Waals surface area contributed by atoms with Crippen molar-refractivity contribution in [3.8, 4) is 0 Å². The summed E-state index contributed by atoms with van der Waals surface area (Å²) in [5.74, 6) is -0.116. The van der Waals surface area contributed by atoms with E-state index in [1.807, 2.05) is 32.0 Å². The zero-order valence-electron chi connectivity index (χ0n) is 19.4. The smallest absolute Gasteiger partial charge is 0.283 e. The molecule has 184 valence electrons. The van der Waals surface area contributed by atoms with Gasteiger partial charge >= 0.3 is 0 Å². The predicted octanol–water partition coefficient (Wildman–Crippen LogP) is 4.33. The fraction of sp³-hybridized carbons (Fsp3) is 0.240. The predicted molar refractivity (Wildman–Crippen MR) is 137 cm³/mol. The van der Waals surface area contributed by atoms with E-state index < -0.39 is 26.2 Å². The first kappa shape index (κ1) is 25.4. The van der Waals surface area contributed by atoms with E-state index in [9.17, 15) is 16.8 Å². The Morgan fingerprint density at radius 2 is 1.37 bits per heavy atom. The molecular weight excluding hydrogens is 506 g/mol.